The third-order valence-electron chi connectivity index (χ3n) is 3.51. The highest BCUT2D eigenvalue weighted by Gasteiger charge is 2.56. The monoisotopic (exact) mass is 248 g/mol. The van der Waals surface area contributed by atoms with Crippen LogP contribution in [0.15, 0.2) is 30.3 Å². The van der Waals surface area contributed by atoms with Gasteiger partial charge in [-0.1, -0.05) is 30.3 Å². The fraction of sp³-hybridized carbons (Fsp3) is 0.462. The fourth-order valence-corrected chi connectivity index (χ4v) is 2.61. The summed E-state index contributed by atoms with van der Waals surface area (Å²) in [5, 5.41) is 0. The van der Waals surface area contributed by atoms with Crippen molar-refractivity contribution in [2.24, 2.45) is 0 Å². The van der Waals surface area contributed by atoms with Crippen molar-refractivity contribution in [3.05, 3.63) is 35.9 Å². The molecular formula is C13H12O5. The standard InChI is InChI=1S/C13H12O5/c14-9-11-10(8-6-15-13(9)16-8)17-12(18-11)7-4-2-1-3-5-7/h1-5,8,10-13H,6H2/t8-,10-,11+,12?,13-/m1/s1. The van der Waals surface area contributed by atoms with E-state index < -0.39 is 18.7 Å². The van der Waals surface area contributed by atoms with Gasteiger partial charge in [-0.15, -0.1) is 0 Å². The number of ketones is 1. The second-order valence-corrected chi connectivity index (χ2v) is 4.64. The highest BCUT2D eigenvalue weighted by Crippen LogP contribution is 2.39. The number of carbonyl (C=O) groups is 1. The molecule has 0 aromatic heterocycles. The molecule has 2 bridgehead atoms. The van der Waals surface area contributed by atoms with Crippen LogP contribution in [0.1, 0.15) is 11.9 Å². The zero-order chi connectivity index (χ0) is 12.1. The first-order valence-corrected chi connectivity index (χ1v) is 5.99. The van der Waals surface area contributed by atoms with Crippen molar-refractivity contribution < 1.29 is 23.7 Å². The van der Waals surface area contributed by atoms with Gasteiger partial charge in [-0.25, -0.2) is 0 Å². The minimum atomic E-state index is -0.769. The van der Waals surface area contributed by atoms with Crippen LogP contribution in [0.2, 0.25) is 0 Å². The van der Waals surface area contributed by atoms with Gasteiger partial charge in [0, 0.05) is 5.56 Å². The van der Waals surface area contributed by atoms with Crippen LogP contribution in [0.25, 0.3) is 0 Å². The molecule has 0 saturated carbocycles. The molecule has 3 aliphatic rings. The molecule has 0 N–H and O–H groups in total. The second kappa shape index (κ2) is 3.86. The first-order chi connectivity index (χ1) is 8.83. The molecule has 0 spiro atoms. The van der Waals surface area contributed by atoms with Crippen molar-refractivity contribution in [2.45, 2.75) is 30.9 Å². The Hall–Kier alpha value is -1.27. The molecule has 3 fully saturated rings. The molecule has 1 unspecified atom stereocenters. The molecule has 18 heavy (non-hydrogen) atoms. The molecule has 1 aromatic rings. The first-order valence-electron chi connectivity index (χ1n) is 5.99. The van der Waals surface area contributed by atoms with Gasteiger partial charge in [-0.2, -0.15) is 0 Å². The summed E-state index contributed by atoms with van der Waals surface area (Å²) in [7, 11) is 0. The van der Waals surface area contributed by atoms with Crippen LogP contribution < -0.4 is 0 Å². The molecule has 3 saturated heterocycles. The van der Waals surface area contributed by atoms with Crippen LogP contribution in [0.3, 0.4) is 0 Å². The van der Waals surface area contributed by atoms with Crippen molar-refractivity contribution in [2.75, 3.05) is 6.61 Å². The number of carbonyl (C=O) groups excluding carboxylic acids is 1. The van der Waals surface area contributed by atoms with E-state index in [1.807, 2.05) is 30.3 Å². The van der Waals surface area contributed by atoms with Gasteiger partial charge in [-0.3, -0.25) is 4.79 Å². The van der Waals surface area contributed by atoms with Gasteiger partial charge in [0.2, 0.25) is 12.1 Å². The summed E-state index contributed by atoms with van der Waals surface area (Å²) in [5.74, 6) is -0.174. The van der Waals surface area contributed by atoms with Gasteiger partial charge in [0.1, 0.15) is 12.2 Å². The summed E-state index contributed by atoms with van der Waals surface area (Å²) < 4.78 is 22.2. The lowest BCUT2D eigenvalue weighted by Gasteiger charge is -2.25. The van der Waals surface area contributed by atoms with E-state index in [1.165, 1.54) is 0 Å². The quantitative estimate of drug-likeness (QED) is 0.735. The summed E-state index contributed by atoms with van der Waals surface area (Å²) in [6, 6.07) is 9.59. The molecule has 3 aliphatic heterocycles. The van der Waals surface area contributed by atoms with E-state index in [-0.39, 0.29) is 18.0 Å². The molecular weight excluding hydrogens is 236 g/mol. The third-order valence-corrected chi connectivity index (χ3v) is 3.51. The molecule has 1 aromatic carbocycles. The van der Waals surface area contributed by atoms with E-state index in [0.717, 1.165) is 5.56 Å². The Morgan fingerprint density at radius 3 is 2.67 bits per heavy atom. The van der Waals surface area contributed by atoms with E-state index >= 15 is 0 Å². The molecule has 4 rings (SSSR count). The van der Waals surface area contributed by atoms with Gasteiger partial charge < -0.3 is 18.9 Å². The van der Waals surface area contributed by atoms with Gasteiger partial charge >= 0.3 is 0 Å². The number of rotatable bonds is 1. The molecule has 0 aliphatic carbocycles. The largest absolute Gasteiger partial charge is 0.343 e. The summed E-state index contributed by atoms with van der Waals surface area (Å²) in [6.07, 6.45) is -2.39. The predicted octanol–water partition coefficient (Wildman–Crippen LogP) is 0.793. The summed E-state index contributed by atoms with van der Waals surface area (Å²) in [4.78, 5) is 12.0. The topological polar surface area (TPSA) is 54.0 Å². The van der Waals surface area contributed by atoms with Gasteiger partial charge in [0.25, 0.3) is 0 Å². The number of fused-ring (bicyclic) bond motifs is 4. The SMILES string of the molecule is O=C1[C@@H]2OC[C@@H](O2)[C@H]2OC(c3ccccc3)O[C@@H]12. The molecule has 5 atom stereocenters. The van der Waals surface area contributed by atoms with E-state index in [2.05, 4.69) is 0 Å². The smallest absolute Gasteiger partial charge is 0.221 e. The van der Waals surface area contributed by atoms with E-state index in [1.54, 1.807) is 0 Å². The Balaban J connectivity index is 1.61. The van der Waals surface area contributed by atoms with E-state index in [4.69, 9.17) is 18.9 Å². The second-order valence-electron chi connectivity index (χ2n) is 4.64. The molecule has 3 heterocycles. The fourth-order valence-electron chi connectivity index (χ4n) is 2.61. The minimum absolute atomic E-state index is 0.174. The number of hydrogen-bond acceptors (Lipinski definition) is 5. The number of hydrogen-bond donors (Lipinski definition) is 0. The molecule has 0 amide bonds. The summed E-state index contributed by atoms with van der Waals surface area (Å²) in [6.45, 7) is 0.391. The molecule has 0 radical (unpaired) electrons. The van der Waals surface area contributed by atoms with Crippen LogP contribution in [0.4, 0.5) is 0 Å². The maximum Gasteiger partial charge on any atom is 0.221 e. The number of ether oxygens (including phenoxy) is 4. The van der Waals surface area contributed by atoms with Crippen LogP contribution in [0.5, 0.6) is 0 Å². The highest BCUT2D eigenvalue weighted by atomic mass is 16.8. The Bertz CT molecular complexity index is 474. The Labute approximate surface area is 104 Å². The Morgan fingerprint density at radius 2 is 1.83 bits per heavy atom. The van der Waals surface area contributed by atoms with Crippen molar-refractivity contribution in [3.63, 3.8) is 0 Å². The average molecular weight is 248 g/mol. The normalized spacial score (nSPS) is 42.0. The summed E-state index contributed by atoms with van der Waals surface area (Å²) >= 11 is 0. The predicted molar refractivity (Wildman–Crippen MR) is 58.5 cm³/mol. The zero-order valence-corrected chi connectivity index (χ0v) is 9.52. The maximum absolute atomic E-state index is 12.0. The van der Waals surface area contributed by atoms with Gasteiger partial charge in [0.15, 0.2) is 12.4 Å². The Morgan fingerprint density at radius 1 is 1.00 bits per heavy atom. The maximum atomic E-state index is 12.0. The summed E-state index contributed by atoms with van der Waals surface area (Å²) in [5.41, 5.74) is 0.913. The number of Topliss-reactive ketones (excluding diaryl/α,β-unsaturated/α-hetero) is 1. The van der Waals surface area contributed by atoms with Crippen molar-refractivity contribution in [1.29, 1.82) is 0 Å². The highest BCUT2D eigenvalue weighted by molar-refractivity contribution is 5.88. The van der Waals surface area contributed by atoms with Crippen LogP contribution >= 0.6 is 0 Å². The third kappa shape index (κ3) is 1.45. The van der Waals surface area contributed by atoms with E-state index in [9.17, 15) is 4.79 Å². The number of benzene rings is 1. The lowest BCUT2D eigenvalue weighted by Crippen LogP contribution is -2.49. The zero-order valence-electron chi connectivity index (χ0n) is 9.52. The van der Waals surface area contributed by atoms with Crippen LogP contribution in [0, 0.1) is 0 Å². The molecule has 5 heteroatoms. The van der Waals surface area contributed by atoms with E-state index in [0.29, 0.717) is 6.61 Å². The van der Waals surface area contributed by atoms with Crippen molar-refractivity contribution >= 4 is 5.78 Å². The average Bonchev–Trinajstić information content (AvgIpc) is 3.04. The lowest BCUT2D eigenvalue weighted by molar-refractivity contribution is -0.169. The van der Waals surface area contributed by atoms with Crippen molar-refractivity contribution in [3.8, 4) is 0 Å². The van der Waals surface area contributed by atoms with Crippen LogP contribution in [-0.4, -0.2) is 37.0 Å². The lowest BCUT2D eigenvalue weighted by atomic mass is 10.0. The van der Waals surface area contributed by atoms with Crippen LogP contribution in [-0.2, 0) is 23.7 Å². The molecule has 5 nitrogen and oxygen atoms in total. The molecule has 94 valence electrons. The van der Waals surface area contributed by atoms with Gasteiger partial charge in [0.05, 0.1) is 6.61 Å². The Kier molecular flexibility index (Phi) is 2.28. The first kappa shape index (κ1) is 10.6. The van der Waals surface area contributed by atoms with Gasteiger partial charge in [-0.05, 0) is 0 Å². The minimum Gasteiger partial charge on any atom is -0.343 e. The van der Waals surface area contributed by atoms with Crippen molar-refractivity contribution in [1.82, 2.24) is 0 Å².